The van der Waals surface area contributed by atoms with Gasteiger partial charge in [-0.05, 0) is 0 Å². The Labute approximate surface area is 166 Å². The van der Waals surface area contributed by atoms with Crippen LogP contribution in [0.5, 0.6) is 0 Å². The van der Waals surface area contributed by atoms with Gasteiger partial charge in [-0.3, -0.25) is 0 Å². The molecule has 146 valence electrons. The molecule has 0 saturated carbocycles. The first-order chi connectivity index (χ1) is 13.2. The van der Waals surface area contributed by atoms with Crippen LogP contribution in [0.25, 0.3) is 0 Å². The average molecular weight is 448 g/mol. The molecule has 0 aliphatic rings. The molecule has 0 unspecified atom stereocenters. The molecule has 0 bridgehead atoms. The monoisotopic (exact) mass is 448 g/mol. The number of benzene rings is 3. The van der Waals surface area contributed by atoms with Crippen LogP contribution in [0.15, 0.2) is 101 Å². The molecule has 0 aliphatic heterocycles. The normalized spacial score (nSPS) is 11.2. The molecule has 28 heavy (non-hydrogen) atoms. The molecule has 0 heterocycles. The van der Waals surface area contributed by atoms with Gasteiger partial charge in [-0.25, -0.2) is 0 Å². The van der Waals surface area contributed by atoms with Crippen LogP contribution in [0.2, 0.25) is 0 Å². The van der Waals surface area contributed by atoms with Gasteiger partial charge in [0.15, 0.2) is 0 Å². The standard InChI is InChI=1S/C22H22As.BF4/c1-19(2)18-23(20-12-6-3-7-13-20,21-14-8-4-9-15-21)22-16-10-5-11-17-22;2-1(3,4)5/h3-18H,1-2H3;/q+1;-1. The molecule has 3 aromatic carbocycles. The summed E-state index contributed by atoms with van der Waals surface area (Å²) in [6, 6.07) is 33.1. The van der Waals surface area contributed by atoms with Crippen molar-refractivity contribution in [2.24, 2.45) is 0 Å². The summed E-state index contributed by atoms with van der Waals surface area (Å²) in [5.74, 6) is 0. The van der Waals surface area contributed by atoms with Gasteiger partial charge in [-0.15, -0.1) is 0 Å². The molecule has 0 spiro atoms. The van der Waals surface area contributed by atoms with Gasteiger partial charge in [0.05, 0.1) is 0 Å². The minimum atomic E-state index is -6.00. The summed E-state index contributed by atoms with van der Waals surface area (Å²) in [5.41, 5.74) is 1.38. The zero-order chi connectivity index (χ0) is 20.6. The van der Waals surface area contributed by atoms with E-state index in [0.717, 1.165) is 0 Å². The van der Waals surface area contributed by atoms with Gasteiger partial charge < -0.3 is 17.3 Å². The molecule has 0 nitrogen and oxygen atoms in total. The zero-order valence-corrected chi connectivity index (χ0v) is 17.7. The van der Waals surface area contributed by atoms with Crippen molar-refractivity contribution < 1.29 is 17.3 Å². The maximum Gasteiger partial charge on any atom is 0.673 e. The van der Waals surface area contributed by atoms with Crippen LogP contribution >= 0.6 is 0 Å². The Hall–Kier alpha value is -2.26. The van der Waals surface area contributed by atoms with Gasteiger partial charge in [0.2, 0.25) is 0 Å². The van der Waals surface area contributed by atoms with Gasteiger partial charge in [0.1, 0.15) is 0 Å². The Morgan fingerprint density at radius 1 is 0.607 bits per heavy atom. The predicted octanol–water partition coefficient (Wildman–Crippen LogP) is 4.96. The molecular weight excluding hydrogens is 426 g/mol. The number of rotatable bonds is 4. The van der Waals surface area contributed by atoms with Crippen LogP contribution in [0.3, 0.4) is 0 Å². The van der Waals surface area contributed by atoms with Crippen LogP contribution in [0.1, 0.15) is 13.8 Å². The van der Waals surface area contributed by atoms with Crippen molar-refractivity contribution >= 4 is 33.9 Å². The second kappa shape index (κ2) is 9.79. The fraction of sp³-hybridized carbons (Fsp3) is 0.0909. The SMILES string of the molecule is CC(C)=C[As+](c1ccccc1)(c1ccccc1)c1ccccc1.F[B-](F)(F)F. The van der Waals surface area contributed by atoms with E-state index in [9.17, 15) is 17.3 Å². The first kappa shape index (κ1) is 22.0. The fourth-order valence-electron chi connectivity index (χ4n) is 3.05. The van der Waals surface area contributed by atoms with E-state index in [0.29, 0.717) is 0 Å². The van der Waals surface area contributed by atoms with Crippen molar-refractivity contribution in [3.8, 4) is 0 Å². The Morgan fingerprint density at radius 3 is 1.07 bits per heavy atom. The molecule has 0 aromatic heterocycles. The molecule has 0 N–H and O–H groups in total. The smallest absolute Gasteiger partial charge is 0.418 e. The fourth-order valence-corrected chi connectivity index (χ4v) is 11.5. The van der Waals surface area contributed by atoms with E-state index < -0.39 is 20.8 Å². The third kappa shape index (κ3) is 6.13. The Morgan fingerprint density at radius 2 is 0.857 bits per heavy atom. The van der Waals surface area contributed by atoms with E-state index in [4.69, 9.17) is 0 Å². The second-order valence-electron chi connectivity index (χ2n) is 6.43. The number of halogens is 4. The zero-order valence-electron chi connectivity index (χ0n) is 15.8. The maximum atomic E-state index is 9.75. The largest absolute Gasteiger partial charge is 0.673 e. The molecule has 0 fully saturated rings. The summed E-state index contributed by atoms with van der Waals surface area (Å²) in [7, 11) is -6.00. The summed E-state index contributed by atoms with van der Waals surface area (Å²) in [6.07, 6.45) is 0. The van der Waals surface area contributed by atoms with Crippen molar-refractivity contribution in [1.82, 2.24) is 0 Å². The van der Waals surface area contributed by atoms with Crippen molar-refractivity contribution in [2.75, 3.05) is 0 Å². The topological polar surface area (TPSA) is 0 Å². The van der Waals surface area contributed by atoms with Crippen molar-refractivity contribution in [3.05, 3.63) is 101 Å². The summed E-state index contributed by atoms with van der Waals surface area (Å²) in [5, 5.41) is 0. The minimum absolute atomic E-state index is 1.38. The number of hydrogen-bond acceptors (Lipinski definition) is 0. The molecule has 0 radical (unpaired) electrons. The molecule has 6 heteroatoms. The van der Waals surface area contributed by atoms with Crippen molar-refractivity contribution in [1.29, 1.82) is 0 Å². The van der Waals surface area contributed by atoms with Crippen LogP contribution in [0.4, 0.5) is 17.3 Å². The summed E-state index contributed by atoms with van der Waals surface area (Å²) in [6.45, 7) is 4.43. The van der Waals surface area contributed by atoms with Gasteiger partial charge in [0, 0.05) is 0 Å². The maximum absolute atomic E-state index is 9.75. The van der Waals surface area contributed by atoms with E-state index in [-0.39, 0.29) is 0 Å². The molecular formula is C22H22AsBF4. The first-order valence-electron chi connectivity index (χ1n) is 8.82. The predicted molar refractivity (Wildman–Crippen MR) is 114 cm³/mol. The summed E-state index contributed by atoms with van der Waals surface area (Å²) < 4.78 is 43.4. The van der Waals surface area contributed by atoms with Gasteiger partial charge in [-0.2, -0.15) is 0 Å². The van der Waals surface area contributed by atoms with Crippen molar-refractivity contribution in [3.63, 3.8) is 0 Å². The van der Waals surface area contributed by atoms with E-state index in [1.807, 2.05) is 0 Å². The second-order valence-corrected chi connectivity index (χ2v) is 13.3. The minimum Gasteiger partial charge on any atom is -0.418 e. The number of hydrogen-bond donors (Lipinski definition) is 0. The summed E-state index contributed by atoms with van der Waals surface area (Å²) in [4.78, 5) is 2.55. The Balaban J connectivity index is 0.000000500. The molecule has 3 aromatic rings. The molecule has 0 aliphatic carbocycles. The van der Waals surface area contributed by atoms with Gasteiger partial charge in [-0.1, -0.05) is 0 Å². The average Bonchev–Trinajstić information content (AvgIpc) is 2.67. The Bertz CT molecular complexity index is 772. The van der Waals surface area contributed by atoms with E-state index >= 15 is 0 Å². The van der Waals surface area contributed by atoms with Gasteiger partial charge >= 0.3 is 149 Å². The summed E-state index contributed by atoms with van der Waals surface area (Å²) >= 11 is -2.60. The van der Waals surface area contributed by atoms with Crippen molar-refractivity contribution in [2.45, 2.75) is 13.8 Å². The number of allylic oxidation sites excluding steroid dienone is 1. The molecule has 0 atom stereocenters. The first-order valence-corrected chi connectivity index (χ1v) is 12.7. The van der Waals surface area contributed by atoms with Crippen LogP contribution in [0, 0.1) is 0 Å². The third-order valence-electron chi connectivity index (χ3n) is 3.94. The van der Waals surface area contributed by atoms with Crippen LogP contribution < -0.4 is 13.1 Å². The van der Waals surface area contributed by atoms with Gasteiger partial charge in [0.25, 0.3) is 0 Å². The molecule has 0 amide bonds. The van der Waals surface area contributed by atoms with Crippen LogP contribution in [-0.2, 0) is 0 Å². The molecule has 0 saturated heterocycles. The Kier molecular flexibility index (Phi) is 7.71. The third-order valence-corrected chi connectivity index (χ3v) is 12.8. The van der Waals surface area contributed by atoms with Crippen LogP contribution in [-0.4, -0.2) is 20.8 Å². The molecule has 3 rings (SSSR count). The van der Waals surface area contributed by atoms with E-state index in [1.54, 1.807) is 0 Å². The van der Waals surface area contributed by atoms with E-state index in [1.165, 1.54) is 18.6 Å². The quantitative estimate of drug-likeness (QED) is 0.391. The van der Waals surface area contributed by atoms with E-state index in [2.05, 4.69) is 110 Å².